The van der Waals surface area contributed by atoms with Gasteiger partial charge in [0.25, 0.3) is 5.56 Å². The minimum Gasteiger partial charge on any atom is -0.493 e. The van der Waals surface area contributed by atoms with Crippen molar-refractivity contribution in [1.82, 2.24) is 9.88 Å². The van der Waals surface area contributed by atoms with Gasteiger partial charge >= 0.3 is 5.97 Å². The SMILES string of the molecule is CC(C)(NCCCOc1cc(F)c(-n2c(N)c(C(=O)c3ccc(F)cc3F)ccc2=O)c(F)c1)C(=O)OC1CCCC1. The van der Waals surface area contributed by atoms with Crippen LogP contribution in [0.1, 0.15) is 61.9 Å². The number of anilines is 1. The number of ketones is 1. The number of aromatic nitrogens is 1. The summed E-state index contributed by atoms with van der Waals surface area (Å²) in [6, 6.07) is 5.82. The lowest BCUT2D eigenvalue weighted by molar-refractivity contribution is -0.155. The molecule has 0 bridgehead atoms. The highest BCUT2D eigenvalue weighted by molar-refractivity contribution is 6.11. The minimum atomic E-state index is -1.20. The van der Waals surface area contributed by atoms with Crippen LogP contribution in [-0.4, -0.2) is 41.1 Å². The molecule has 0 saturated heterocycles. The number of nitrogens with zero attached hydrogens (tertiary/aromatic N) is 1. The second-order valence-electron chi connectivity index (χ2n) is 10.6. The molecule has 1 aliphatic carbocycles. The van der Waals surface area contributed by atoms with E-state index in [0.29, 0.717) is 23.6 Å². The van der Waals surface area contributed by atoms with Gasteiger partial charge in [-0.15, -0.1) is 0 Å². The third kappa shape index (κ3) is 6.81. The predicted octanol–water partition coefficient (Wildman–Crippen LogP) is 4.83. The van der Waals surface area contributed by atoms with Crippen molar-refractivity contribution in [2.75, 3.05) is 18.9 Å². The second kappa shape index (κ2) is 12.8. The van der Waals surface area contributed by atoms with Gasteiger partial charge in [0, 0.05) is 24.3 Å². The summed E-state index contributed by atoms with van der Waals surface area (Å²) in [5.41, 5.74) is 2.28. The van der Waals surface area contributed by atoms with Crippen molar-refractivity contribution in [3.05, 3.63) is 87.2 Å². The molecule has 1 saturated carbocycles. The van der Waals surface area contributed by atoms with Crippen LogP contribution in [0.4, 0.5) is 23.4 Å². The summed E-state index contributed by atoms with van der Waals surface area (Å²) in [5.74, 6) is -6.65. The first-order valence-corrected chi connectivity index (χ1v) is 13.5. The normalized spacial score (nSPS) is 13.8. The minimum absolute atomic E-state index is 0.0499. The van der Waals surface area contributed by atoms with Crippen LogP contribution in [0, 0.1) is 23.3 Å². The monoisotopic (exact) mass is 589 g/mol. The highest BCUT2D eigenvalue weighted by Gasteiger charge is 2.31. The largest absolute Gasteiger partial charge is 0.493 e. The summed E-state index contributed by atoms with van der Waals surface area (Å²) in [4.78, 5) is 37.9. The van der Waals surface area contributed by atoms with Gasteiger partial charge in [-0.1, -0.05) is 0 Å². The maximum atomic E-state index is 15.1. The lowest BCUT2D eigenvalue weighted by Crippen LogP contribution is -2.49. The van der Waals surface area contributed by atoms with Gasteiger partial charge in [0.05, 0.1) is 17.7 Å². The van der Waals surface area contributed by atoms with Gasteiger partial charge < -0.3 is 20.5 Å². The molecule has 0 unspecified atom stereocenters. The Balaban J connectivity index is 1.43. The molecule has 1 aromatic heterocycles. The van der Waals surface area contributed by atoms with Crippen LogP contribution in [0.5, 0.6) is 5.75 Å². The zero-order valence-corrected chi connectivity index (χ0v) is 23.1. The first-order chi connectivity index (χ1) is 19.9. The Bertz CT molecular complexity index is 1530. The Morgan fingerprint density at radius 1 is 0.976 bits per heavy atom. The Labute approximate surface area is 239 Å². The van der Waals surface area contributed by atoms with Crippen LogP contribution < -0.4 is 21.3 Å². The molecule has 1 heterocycles. The number of benzene rings is 2. The van der Waals surface area contributed by atoms with E-state index in [1.54, 1.807) is 13.8 Å². The highest BCUT2D eigenvalue weighted by atomic mass is 19.1. The third-order valence-corrected chi connectivity index (χ3v) is 7.01. The zero-order valence-electron chi connectivity index (χ0n) is 23.1. The van der Waals surface area contributed by atoms with E-state index in [1.165, 1.54) is 0 Å². The van der Waals surface area contributed by atoms with Crippen LogP contribution in [0.15, 0.2) is 47.3 Å². The third-order valence-electron chi connectivity index (χ3n) is 7.01. The van der Waals surface area contributed by atoms with E-state index < -0.39 is 62.8 Å². The van der Waals surface area contributed by atoms with Crippen LogP contribution in [0.2, 0.25) is 0 Å². The average molecular weight is 590 g/mol. The summed E-state index contributed by atoms with van der Waals surface area (Å²) in [5, 5.41) is 3.09. The number of nitrogens with one attached hydrogen (secondary N) is 1. The summed E-state index contributed by atoms with van der Waals surface area (Å²) < 4.78 is 69.2. The van der Waals surface area contributed by atoms with E-state index in [9.17, 15) is 23.2 Å². The number of hydrogen-bond acceptors (Lipinski definition) is 7. The van der Waals surface area contributed by atoms with E-state index in [2.05, 4.69) is 5.32 Å². The Hall–Kier alpha value is -4.19. The molecule has 0 spiro atoms. The summed E-state index contributed by atoms with van der Waals surface area (Å²) >= 11 is 0. The van der Waals surface area contributed by atoms with Gasteiger partial charge in [0.1, 0.15) is 40.5 Å². The van der Waals surface area contributed by atoms with Crippen LogP contribution in [0.25, 0.3) is 5.69 Å². The number of esters is 1. The van der Waals surface area contributed by atoms with Crippen LogP contribution >= 0.6 is 0 Å². The molecule has 2 aromatic carbocycles. The predicted molar refractivity (Wildman–Crippen MR) is 147 cm³/mol. The number of nitrogens with two attached hydrogens (primary N) is 1. The zero-order chi connectivity index (χ0) is 30.6. The van der Waals surface area contributed by atoms with Crippen LogP contribution in [-0.2, 0) is 9.53 Å². The first-order valence-electron chi connectivity index (χ1n) is 13.5. The Kier molecular flexibility index (Phi) is 9.35. The molecule has 1 aliphatic rings. The average Bonchev–Trinajstić information content (AvgIpc) is 3.42. The maximum absolute atomic E-state index is 15.1. The van der Waals surface area contributed by atoms with Crippen molar-refractivity contribution in [3.8, 4) is 11.4 Å². The molecule has 0 radical (unpaired) electrons. The number of pyridine rings is 1. The highest BCUT2D eigenvalue weighted by Crippen LogP contribution is 2.27. The fraction of sp³-hybridized carbons (Fsp3) is 0.367. The Morgan fingerprint density at radius 3 is 2.26 bits per heavy atom. The van der Waals surface area contributed by atoms with Gasteiger partial charge in [-0.05, 0) is 70.7 Å². The topological polar surface area (TPSA) is 113 Å². The Morgan fingerprint density at radius 2 is 1.62 bits per heavy atom. The van der Waals surface area contributed by atoms with E-state index in [4.69, 9.17) is 15.2 Å². The molecular weight excluding hydrogens is 558 g/mol. The molecular formula is C30H31F4N3O5. The van der Waals surface area contributed by atoms with Crippen molar-refractivity contribution in [2.45, 2.75) is 57.6 Å². The van der Waals surface area contributed by atoms with Gasteiger partial charge in [0.2, 0.25) is 0 Å². The number of halogens is 4. The molecule has 3 N–H and O–H groups in total. The smallest absolute Gasteiger partial charge is 0.326 e. The molecule has 3 aromatic rings. The summed E-state index contributed by atoms with van der Waals surface area (Å²) in [7, 11) is 0. The van der Waals surface area contributed by atoms with Gasteiger partial charge in [0.15, 0.2) is 17.4 Å². The number of carbonyl (C=O) groups excluding carboxylic acids is 2. The number of rotatable bonds is 11. The number of nitrogen functional groups attached to an aromatic ring is 1. The first kappa shape index (κ1) is 30.8. The molecule has 0 atom stereocenters. The van der Waals surface area contributed by atoms with E-state index in [1.807, 2.05) is 0 Å². The van der Waals surface area contributed by atoms with Gasteiger partial charge in [-0.25, -0.2) is 17.6 Å². The molecule has 1 fully saturated rings. The van der Waals surface area contributed by atoms with Crippen LogP contribution in [0.3, 0.4) is 0 Å². The fourth-order valence-electron chi connectivity index (χ4n) is 4.67. The molecule has 8 nitrogen and oxygen atoms in total. The standard InChI is InChI=1S/C30H31F4N3O5/c1-30(2,29(40)42-18-6-3-4-7-18)36-12-5-13-41-19-15-23(33)26(24(34)16-19)37-25(38)11-10-21(28(37)35)27(39)20-9-8-17(31)14-22(20)32/h8-11,14-16,18,36H,3-7,12-13,35H2,1-2H3. The molecule has 224 valence electrons. The van der Waals surface area contributed by atoms with Crippen molar-refractivity contribution in [3.63, 3.8) is 0 Å². The lowest BCUT2D eigenvalue weighted by atomic mass is 10.0. The van der Waals surface area contributed by atoms with E-state index >= 15 is 8.78 Å². The second-order valence-corrected chi connectivity index (χ2v) is 10.6. The molecule has 12 heteroatoms. The molecule has 0 amide bonds. The number of ether oxygens (including phenoxy) is 2. The van der Waals surface area contributed by atoms with E-state index in [-0.39, 0.29) is 24.4 Å². The fourth-order valence-corrected chi connectivity index (χ4v) is 4.67. The molecule has 0 aliphatic heterocycles. The molecule has 42 heavy (non-hydrogen) atoms. The van der Waals surface area contributed by atoms with Crippen molar-refractivity contribution < 1.29 is 36.6 Å². The van der Waals surface area contributed by atoms with E-state index in [0.717, 1.165) is 62.1 Å². The van der Waals surface area contributed by atoms with Gasteiger partial charge in [-0.3, -0.25) is 19.0 Å². The maximum Gasteiger partial charge on any atom is 0.326 e. The van der Waals surface area contributed by atoms with Crippen molar-refractivity contribution in [2.24, 2.45) is 0 Å². The number of hydrogen-bond donors (Lipinski definition) is 2. The van der Waals surface area contributed by atoms with Crippen molar-refractivity contribution >= 4 is 17.6 Å². The van der Waals surface area contributed by atoms with Crippen molar-refractivity contribution in [1.29, 1.82) is 0 Å². The lowest BCUT2D eigenvalue weighted by Gasteiger charge is -2.26. The quantitative estimate of drug-likeness (QED) is 0.143. The summed E-state index contributed by atoms with van der Waals surface area (Å²) in [6.45, 7) is 3.83. The molecule has 4 rings (SSSR count). The summed E-state index contributed by atoms with van der Waals surface area (Å²) in [6.07, 6.45) is 4.15. The number of carbonyl (C=O) groups is 2. The van der Waals surface area contributed by atoms with Gasteiger partial charge in [-0.2, -0.15) is 0 Å².